The molecule has 0 bridgehead atoms. The molecule has 1 atom stereocenters. The van der Waals surface area contributed by atoms with Gasteiger partial charge in [0.2, 0.25) is 10.0 Å². The normalized spacial score (nSPS) is 27.4. The average molecular weight is 316 g/mol. The Bertz CT molecular complexity index is 579. The van der Waals surface area contributed by atoms with E-state index in [1.807, 2.05) is 0 Å². The lowest BCUT2D eigenvalue weighted by Gasteiger charge is -2.21. The zero-order valence-electron chi connectivity index (χ0n) is 11.2. The zero-order valence-corrected chi connectivity index (χ0v) is 12.8. The summed E-state index contributed by atoms with van der Waals surface area (Å²) < 4.78 is 32.3. The van der Waals surface area contributed by atoms with Crippen molar-refractivity contribution in [1.82, 2.24) is 4.31 Å². The molecule has 2 heterocycles. The van der Waals surface area contributed by atoms with Gasteiger partial charge in [-0.25, -0.2) is 8.42 Å². The molecule has 110 valence electrons. The molecule has 0 radical (unpaired) electrons. The maximum atomic E-state index is 12.6. The second kappa shape index (κ2) is 5.30. The number of benzene rings is 1. The fraction of sp³-hybridized carbons (Fsp3) is 0.571. The Kier molecular flexibility index (Phi) is 3.79. The highest BCUT2D eigenvalue weighted by Gasteiger charge is 2.45. The first-order valence-corrected chi connectivity index (χ1v) is 8.76. The Labute approximate surface area is 124 Å². The third-order valence-corrected chi connectivity index (χ3v) is 6.47. The molecule has 2 saturated heterocycles. The molecular formula is C14H18ClNO3S. The van der Waals surface area contributed by atoms with Gasteiger partial charge in [-0.2, -0.15) is 4.31 Å². The number of nitrogens with zero attached hydrogens (tertiary/aromatic N) is 1. The summed E-state index contributed by atoms with van der Waals surface area (Å²) in [7, 11) is -3.39. The predicted octanol–water partition coefficient (Wildman–Crippen LogP) is 2.23. The van der Waals surface area contributed by atoms with Crippen LogP contribution < -0.4 is 0 Å². The summed E-state index contributed by atoms with van der Waals surface area (Å²) in [6.07, 6.45) is 1.86. The summed E-state index contributed by atoms with van der Waals surface area (Å²) in [5.74, 6) is 0.393. The minimum atomic E-state index is -3.39. The molecule has 0 aromatic heterocycles. The number of alkyl halides is 1. The van der Waals surface area contributed by atoms with Gasteiger partial charge in [-0.05, 0) is 30.5 Å². The minimum absolute atomic E-state index is 0.0448. The summed E-state index contributed by atoms with van der Waals surface area (Å²) in [5.41, 5.74) is 0.969. The van der Waals surface area contributed by atoms with Gasteiger partial charge < -0.3 is 4.74 Å². The summed E-state index contributed by atoms with van der Waals surface area (Å²) in [5, 5.41) is 0. The molecule has 3 rings (SSSR count). The van der Waals surface area contributed by atoms with Gasteiger partial charge >= 0.3 is 0 Å². The lowest BCUT2D eigenvalue weighted by atomic mass is 9.87. The van der Waals surface area contributed by atoms with Crippen LogP contribution in [0.5, 0.6) is 0 Å². The van der Waals surface area contributed by atoms with Crippen molar-refractivity contribution in [1.29, 1.82) is 0 Å². The molecule has 1 spiro atoms. The summed E-state index contributed by atoms with van der Waals surface area (Å²) in [6.45, 7) is 2.60. The third kappa shape index (κ3) is 2.48. The van der Waals surface area contributed by atoms with Crippen LogP contribution in [0.15, 0.2) is 29.2 Å². The Morgan fingerprint density at radius 3 is 2.60 bits per heavy atom. The third-order valence-electron chi connectivity index (χ3n) is 4.30. The van der Waals surface area contributed by atoms with Gasteiger partial charge in [-0.15, -0.1) is 11.6 Å². The second-order valence-corrected chi connectivity index (χ2v) is 7.87. The van der Waals surface area contributed by atoms with E-state index in [1.54, 1.807) is 28.6 Å². The Morgan fingerprint density at radius 1 is 1.25 bits per heavy atom. The lowest BCUT2D eigenvalue weighted by molar-refractivity contribution is 0.157. The molecular weight excluding hydrogens is 298 g/mol. The fourth-order valence-electron chi connectivity index (χ4n) is 2.97. The van der Waals surface area contributed by atoms with Crippen LogP contribution in [0.25, 0.3) is 0 Å². The molecule has 1 unspecified atom stereocenters. The first-order valence-electron chi connectivity index (χ1n) is 6.79. The molecule has 1 aromatic carbocycles. The monoisotopic (exact) mass is 315 g/mol. The van der Waals surface area contributed by atoms with E-state index in [1.165, 1.54) is 0 Å². The van der Waals surface area contributed by atoms with Crippen molar-refractivity contribution in [2.75, 3.05) is 26.3 Å². The molecule has 0 saturated carbocycles. The standard InChI is InChI=1S/C14H18ClNO3S/c15-9-12-1-3-13(4-2-12)20(17,18)16-7-5-14(10-16)6-8-19-11-14/h1-4H,5-11H2. The predicted molar refractivity (Wildman–Crippen MR) is 77.2 cm³/mol. The Hall–Kier alpha value is -0.620. The molecule has 6 heteroatoms. The highest BCUT2D eigenvalue weighted by atomic mass is 35.5. The SMILES string of the molecule is O=S(=O)(c1ccc(CCl)cc1)N1CCC2(CCOC2)C1. The average Bonchev–Trinajstić information content (AvgIpc) is 3.10. The number of hydrogen-bond donors (Lipinski definition) is 0. The number of hydrogen-bond acceptors (Lipinski definition) is 3. The highest BCUT2D eigenvalue weighted by Crippen LogP contribution is 2.40. The molecule has 20 heavy (non-hydrogen) atoms. The van der Waals surface area contributed by atoms with E-state index in [-0.39, 0.29) is 5.41 Å². The van der Waals surface area contributed by atoms with E-state index in [2.05, 4.69) is 0 Å². The molecule has 2 fully saturated rings. The minimum Gasteiger partial charge on any atom is -0.381 e. The van der Waals surface area contributed by atoms with Gasteiger partial charge in [0, 0.05) is 31.0 Å². The molecule has 0 amide bonds. The van der Waals surface area contributed by atoms with Crippen LogP contribution in [0, 0.1) is 5.41 Å². The van der Waals surface area contributed by atoms with Crippen LogP contribution in [0.3, 0.4) is 0 Å². The van der Waals surface area contributed by atoms with Gasteiger partial charge in [0.25, 0.3) is 0 Å². The molecule has 0 N–H and O–H groups in total. The van der Waals surface area contributed by atoms with Crippen molar-refractivity contribution in [3.05, 3.63) is 29.8 Å². The van der Waals surface area contributed by atoms with Crippen LogP contribution >= 0.6 is 11.6 Å². The van der Waals surface area contributed by atoms with Crippen molar-refractivity contribution >= 4 is 21.6 Å². The lowest BCUT2D eigenvalue weighted by Crippen LogP contribution is -2.32. The molecule has 2 aliphatic heterocycles. The number of ether oxygens (including phenoxy) is 1. The second-order valence-electron chi connectivity index (χ2n) is 5.67. The van der Waals surface area contributed by atoms with Gasteiger partial charge in [0.1, 0.15) is 0 Å². The van der Waals surface area contributed by atoms with E-state index < -0.39 is 10.0 Å². The van der Waals surface area contributed by atoms with Gasteiger partial charge in [-0.1, -0.05) is 12.1 Å². The van der Waals surface area contributed by atoms with Crippen molar-refractivity contribution < 1.29 is 13.2 Å². The van der Waals surface area contributed by atoms with Crippen LogP contribution in [-0.4, -0.2) is 39.0 Å². The fourth-order valence-corrected chi connectivity index (χ4v) is 4.70. The number of halogens is 1. The summed E-state index contributed by atoms with van der Waals surface area (Å²) in [4.78, 5) is 0.349. The van der Waals surface area contributed by atoms with Crippen molar-refractivity contribution in [2.45, 2.75) is 23.6 Å². The summed E-state index contributed by atoms with van der Waals surface area (Å²) >= 11 is 5.73. The number of sulfonamides is 1. The van der Waals surface area contributed by atoms with E-state index in [4.69, 9.17) is 16.3 Å². The van der Waals surface area contributed by atoms with E-state index >= 15 is 0 Å². The maximum Gasteiger partial charge on any atom is 0.243 e. The van der Waals surface area contributed by atoms with Gasteiger partial charge in [-0.3, -0.25) is 0 Å². The van der Waals surface area contributed by atoms with Crippen LogP contribution in [-0.2, 0) is 20.6 Å². The number of rotatable bonds is 3. The van der Waals surface area contributed by atoms with Crippen molar-refractivity contribution in [3.8, 4) is 0 Å². The molecule has 0 aliphatic carbocycles. The Balaban J connectivity index is 1.81. The largest absolute Gasteiger partial charge is 0.381 e. The zero-order chi connectivity index (χ0) is 14.2. The van der Waals surface area contributed by atoms with E-state index in [0.717, 1.165) is 25.0 Å². The van der Waals surface area contributed by atoms with Crippen molar-refractivity contribution in [2.24, 2.45) is 5.41 Å². The highest BCUT2D eigenvalue weighted by molar-refractivity contribution is 7.89. The maximum absolute atomic E-state index is 12.6. The quantitative estimate of drug-likeness (QED) is 0.804. The van der Waals surface area contributed by atoms with Gasteiger partial charge in [0.05, 0.1) is 11.5 Å². The molecule has 1 aromatic rings. The summed E-state index contributed by atoms with van der Waals surface area (Å²) in [6, 6.07) is 6.82. The first kappa shape index (κ1) is 14.3. The van der Waals surface area contributed by atoms with Crippen molar-refractivity contribution in [3.63, 3.8) is 0 Å². The van der Waals surface area contributed by atoms with E-state index in [9.17, 15) is 8.42 Å². The van der Waals surface area contributed by atoms with Gasteiger partial charge in [0.15, 0.2) is 0 Å². The van der Waals surface area contributed by atoms with Crippen LogP contribution in [0.2, 0.25) is 0 Å². The van der Waals surface area contributed by atoms with Crippen LogP contribution in [0.4, 0.5) is 0 Å². The Morgan fingerprint density at radius 2 is 2.00 bits per heavy atom. The van der Waals surface area contributed by atoms with Crippen LogP contribution in [0.1, 0.15) is 18.4 Å². The molecule has 4 nitrogen and oxygen atoms in total. The first-order chi connectivity index (χ1) is 9.56. The van der Waals surface area contributed by atoms with E-state index in [0.29, 0.717) is 30.5 Å². The molecule has 2 aliphatic rings. The smallest absolute Gasteiger partial charge is 0.243 e. The topological polar surface area (TPSA) is 46.6 Å².